The van der Waals surface area contributed by atoms with Gasteiger partial charge in [-0.1, -0.05) is 12.1 Å². The molecular formula is C15H17FN2O4. The Kier molecular flexibility index (Phi) is 4.75. The van der Waals surface area contributed by atoms with Crippen LogP contribution in [0.5, 0.6) is 0 Å². The number of hydrogen-bond donors (Lipinski definition) is 2. The van der Waals surface area contributed by atoms with Gasteiger partial charge < -0.3 is 15.3 Å². The molecule has 1 aromatic rings. The average molecular weight is 308 g/mol. The zero-order chi connectivity index (χ0) is 16.3. The van der Waals surface area contributed by atoms with Gasteiger partial charge in [-0.2, -0.15) is 0 Å². The number of carbonyl (C=O) groups excluding carboxylic acids is 2. The molecule has 2 N–H and O–H groups in total. The Labute approximate surface area is 126 Å². The smallest absolute Gasteiger partial charge is 0.315 e. The molecule has 1 aliphatic rings. The number of nitrogens with one attached hydrogen (secondary N) is 1. The molecule has 2 unspecified atom stereocenters. The fourth-order valence-electron chi connectivity index (χ4n) is 2.33. The van der Waals surface area contributed by atoms with Gasteiger partial charge in [-0.3, -0.25) is 14.4 Å². The quantitative estimate of drug-likeness (QED) is 0.817. The molecule has 2 amide bonds. The minimum absolute atomic E-state index is 0.165. The van der Waals surface area contributed by atoms with E-state index in [1.54, 1.807) is 6.07 Å². The maximum absolute atomic E-state index is 13.8. The van der Waals surface area contributed by atoms with E-state index in [1.165, 1.54) is 30.0 Å². The monoisotopic (exact) mass is 308 g/mol. The molecule has 0 aliphatic carbocycles. The summed E-state index contributed by atoms with van der Waals surface area (Å²) in [5.41, 5.74) is 0.165. The molecule has 0 saturated carbocycles. The van der Waals surface area contributed by atoms with E-state index in [-0.39, 0.29) is 5.69 Å². The molecule has 1 saturated heterocycles. The van der Waals surface area contributed by atoms with Gasteiger partial charge in [0.05, 0.1) is 5.69 Å². The second-order valence-corrected chi connectivity index (χ2v) is 5.20. The highest BCUT2D eigenvalue weighted by atomic mass is 19.1. The molecule has 1 aliphatic heterocycles. The first kappa shape index (κ1) is 15.9. The highest BCUT2D eigenvalue weighted by molar-refractivity contribution is 6.02. The molecule has 6 nitrogen and oxygen atoms in total. The Bertz CT molecular complexity index is 605. The van der Waals surface area contributed by atoms with Gasteiger partial charge in [0.25, 0.3) is 0 Å². The van der Waals surface area contributed by atoms with Crippen LogP contribution in [0.15, 0.2) is 24.3 Å². The first-order valence-corrected chi connectivity index (χ1v) is 7.01. The lowest BCUT2D eigenvalue weighted by Crippen LogP contribution is -2.54. The zero-order valence-electron chi connectivity index (χ0n) is 12.1. The van der Waals surface area contributed by atoms with Crippen molar-refractivity contribution in [2.75, 3.05) is 11.4 Å². The summed E-state index contributed by atoms with van der Waals surface area (Å²) in [5.74, 6) is -4.16. The zero-order valence-corrected chi connectivity index (χ0v) is 12.1. The lowest BCUT2D eigenvalue weighted by atomic mass is 10.0. The Morgan fingerprint density at radius 3 is 2.73 bits per heavy atom. The predicted octanol–water partition coefficient (Wildman–Crippen LogP) is 1.16. The predicted molar refractivity (Wildman–Crippen MR) is 76.7 cm³/mol. The number of rotatable bonds is 4. The summed E-state index contributed by atoms with van der Waals surface area (Å²) >= 11 is 0. The van der Waals surface area contributed by atoms with Crippen molar-refractivity contribution in [1.29, 1.82) is 0 Å². The van der Waals surface area contributed by atoms with Crippen molar-refractivity contribution in [2.45, 2.75) is 25.8 Å². The Morgan fingerprint density at radius 1 is 1.41 bits per heavy atom. The van der Waals surface area contributed by atoms with E-state index >= 15 is 0 Å². The molecule has 2 atom stereocenters. The standard InChI is InChI=1S/C15H17FN2O4/c1-9(15(21)22)13(19)17-11-6-4-8-18(14(11)20)12-7-3-2-5-10(12)16/h2-3,5,7,9,11H,4,6,8H2,1H3,(H,17,19)(H,21,22). The summed E-state index contributed by atoms with van der Waals surface area (Å²) < 4.78 is 13.8. The van der Waals surface area contributed by atoms with Gasteiger partial charge in [0.15, 0.2) is 0 Å². The third-order valence-electron chi connectivity index (χ3n) is 3.66. The third kappa shape index (κ3) is 3.24. The van der Waals surface area contributed by atoms with Crippen LogP contribution in [0, 0.1) is 11.7 Å². The van der Waals surface area contributed by atoms with E-state index < -0.39 is 35.6 Å². The van der Waals surface area contributed by atoms with E-state index in [4.69, 9.17) is 5.11 Å². The molecule has 0 spiro atoms. The minimum Gasteiger partial charge on any atom is -0.481 e. The van der Waals surface area contributed by atoms with Crippen molar-refractivity contribution in [3.8, 4) is 0 Å². The second kappa shape index (κ2) is 6.55. The number of nitrogens with zero attached hydrogens (tertiary/aromatic N) is 1. The van der Waals surface area contributed by atoms with Crippen molar-refractivity contribution < 1.29 is 23.9 Å². The molecule has 2 rings (SSSR count). The maximum atomic E-state index is 13.8. The summed E-state index contributed by atoms with van der Waals surface area (Å²) in [4.78, 5) is 36.3. The van der Waals surface area contributed by atoms with E-state index in [0.717, 1.165) is 0 Å². The van der Waals surface area contributed by atoms with Gasteiger partial charge in [0.1, 0.15) is 17.8 Å². The summed E-state index contributed by atoms with van der Waals surface area (Å²) in [6, 6.07) is 5.08. The van der Waals surface area contributed by atoms with Crippen LogP contribution in [0.25, 0.3) is 0 Å². The summed E-state index contributed by atoms with van der Waals surface area (Å²) in [5, 5.41) is 11.2. The molecule has 118 valence electrons. The Balaban J connectivity index is 2.12. The molecule has 7 heteroatoms. The van der Waals surface area contributed by atoms with E-state index in [1.807, 2.05) is 0 Å². The minimum atomic E-state index is -1.26. The fraction of sp³-hybridized carbons (Fsp3) is 0.400. The van der Waals surface area contributed by atoms with Gasteiger partial charge in [0, 0.05) is 6.54 Å². The molecule has 0 radical (unpaired) electrons. The van der Waals surface area contributed by atoms with E-state index in [0.29, 0.717) is 19.4 Å². The summed E-state index contributed by atoms with van der Waals surface area (Å²) in [7, 11) is 0. The van der Waals surface area contributed by atoms with Gasteiger partial charge in [-0.05, 0) is 31.9 Å². The summed E-state index contributed by atoms with van der Waals surface area (Å²) in [6.45, 7) is 1.61. The highest BCUT2D eigenvalue weighted by Gasteiger charge is 2.33. The van der Waals surface area contributed by atoms with Crippen LogP contribution < -0.4 is 10.2 Å². The van der Waals surface area contributed by atoms with Crippen LogP contribution in [-0.2, 0) is 14.4 Å². The lowest BCUT2D eigenvalue weighted by molar-refractivity contribution is -0.147. The largest absolute Gasteiger partial charge is 0.481 e. The van der Waals surface area contributed by atoms with Gasteiger partial charge in [0.2, 0.25) is 11.8 Å². The van der Waals surface area contributed by atoms with Gasteiger partial charge >= 0.3 is 5.97 Å². The van der Waals surface area contributed by atoms with Gasteiger partial charge in [-0.25, -0.2) is 4.39 Å². The highest BCUT2D eigenvalue weighted by Crippen LogP contribution is 2.24. The number of carbonyl (C=O) groups is 3. The molecule has 0 bridgehead atoms. The fourth-order valence-corrected chi connectivity index (χ4v) is 2.33. The third-order valence-corrected chi connectivity index (χ3v) is 3.66. The number of para-hydroxylation sites is 1. The second-order valence-electron chi connectivity index (χ2n) is 5.20. The molecule has 0 aromatic heterocycles. The lowest BCUT2D eigenvalue weighted by Gasteiger charge is -2.33. The maximum Gasteiger partial charge on any atom is 0.315 e. The number of anilines is 1. The molecular weight excluding hydrogens is 291 g/mol. The SMILES string of the molecule is CC(C(=O)O)C(=O)NC1CCCN(c2ccccc2F)C1=O. The van der Waals surface area contributed by atoms with Crippen molar-refractivity contribution >= 4 is 23.5 Å². The van der Waals surface area contributed by atoms with Crippen LogP contribution in [-0.4, -0.2) is 35.5 Å². The first-order valence-electron chi connectivity index (χ1n) is 7.01. The van der Waals surface area contributed by atoms with Crippen molar-refractivity contribution in [3.63, 3.8) is 0 Å². The topological polar surface area (TPSA) is 86.7 Å². The first-order chi connectivity index (χ1) is 10.4. The van der Waals surface area contributed by atoms with Crippen LogP contribution >= 0.6 is 0 Å². The number of halogens is 1. The normalized spacial score (nSPS) is 19.6. The molecule has 1 aromatic carbocycles. The van der Waals surface area contributed by atoms with Crippen molar-refractivity contribution in [3.05, 3.63) is 30.1 Å². The number of aliphatic carboxylic acids is 1. The number of carboxylic acid groups (broad SMARTS) is 1. The molecule has 1 fully saturated rings. The van der Waals surface area contributed by atoms with E-state index in [9.17, 15) is 18.8 Å². The van der Waals surface area contributed by atoms with Crippen molar-refractivity contribution in [1.82, 2.24) is 5.32 Å². The number of hydrogen-bond acceptors (Lipinski definition) is 3. The number of carboxylic acids is 1. The number of piperidine rings is 1. The van der Waals surface area contributed by atoms with Crippen molar-refractivity contribution in [2.24, 2.45) is 5.92 Å². The van der Waals surface area contributed by atoms with Crippen LogP contribution in [0.1, 0.15) is 19.8 Å². The van der Waals surface area contributed by atoms with Crippen LogP contribution in [0.4, 0.5) is 10.1 Å². The molecule has 1 heterocycles. The molecule has 22 heavy (non-hydrogen) atoms. The summed E-state index contributed by atoms with van der Waals surface area (Å²) in [6.07, 6.45) is 0.994. The average Bonchev–Trinajstić information content (AvgIpc) is 2.49. The van der Waals surface area contributed by atoms with E-state index in [2.05, 4.69) is 5.32 Å². The van der Waals surface area contributed by atoms with Gasteiger partial charge in [-0.15, -0.1) is 0 Å². The number of amides is 2. The Hall–Kier alpha value is -2.44. The van der Waals surface area contributed by atoms with Crippen LogP contribution in [0.3, 0.4) is 0 Å². The Morgan fingerprint density at radius 2 is 2.09 bits per heavy atom. The number of benzene rings is 1. The van der Waals surface area contributed by atoms with Crippen LogP contribution in [0.2, 0.25) is 0 Å².